The molecule has 6 nitrogen and oxygen atoms in total. The average molecular weight is 386 g/mol. The van der Waals surface area contributed by atoms with Crippen molar-refractivity contribution in [1.29, 1.82) is 0 Å². The van der Waals surface area contributed by atoms with Crippen molar-refractivity contribution in [2.24, 2.45) is 0 Å². The van der Waals surface area contributed by atoms with Crippen LogP contribution in [0.5, 0.6) is 5.75 Å². The molecule has 0 unspecified atom stereocenters. The Hall–Kier alpha value is -2.80. The Labute approximate surface area is 159 Å². The lowest BCUT2D eigenvalue weighted by Crippen LogP contribution is -2.37. The van der Waals surface area contributed by atoms with Crippen LogP contribution in [0.1, 0.15) is 23.2 Å². The average Bonchev–Trinajstić information content (AvgIpc) is 2.67. The SMILES string of the molecule is C=CCOc1ccc(NC(=O)c2ccc(N3CCCCS3(=O)=O)cc2)cc1. The van der Waals surface area contributed by atoms with Crippen molar-refractivity contribution in [2.75, 3.05) is 28.5 Å². The minimum atomic E-state index is -3.25. The van der Waals surface area contributed by atoms with Crippen LogP contribution in [0.25, 0.3) is 0 Å². The standard InChI is InChI=1S/C20H22N2O4S/c1-2-14-26-19-11-7-17(8-12-19)21-20(23)16-5-9-18(10-6-16)22-13-3-4-15-27(22,24)25/h2,5-12H,1,3-4,13-15H2,(H,21,23). The first kappa shape index (κ1) is 19.0. The van der Waals surface area contributed by atoms with Crippen LogP contribution < -0.4 is 14.4 Å². The van der Waals surface area contributed by atoms with Gasteiger partial charge in [-0.15, -0.1) is 0 Å². The summed E-state index contributed by atoms with van der Waals surface area (Å²) in [5.41, 5.74) is 1.70. The number of carbonyl (C=O) groups is 1. The van der Waals surface area contributed by atoms with Gasteiger partial charge in [-0.25, -0.2) is 8.42 Å². The molecule has 7 heteroatoms. The van der Waals surface area contributed by atoms with Gasteiger partial charge < -0.3 is 10.1 Å². The van der Waals surface area contributed by atoms with Crippen LogP contribution in [0.4, 0.5) is 11.4 Å². The van der Waals surface area contributed by atoms with Crippen LogP contribution in [0.15, 0.2) is 61.2 Å². The Morgan fingerprint density at radius 3 is 2.44 bits per heavy atom. The molecule has 0 aromatic heterocycles. The summed E-state index contributed by atoms with van der Waals surface area (Å²) in [6.07, 6.45) is 3.19. The summed E-state index contributed by atoms with van der Waals surface area (Å²) in [4.78, 5) is 12.4. The highest BCUT2D eigenvalue weighted by molar-refractivity contribution is 7.92. The topological polar surface area (TPSA) is 75.7 Å². The lowest BCUT2D eigenvalue weighted by Gasteiger charge is -2.28. The van der Waals surface area contributed by atoms with E-state index in [1.54, 1.807) is 54.6 Å². The van der Waals surface area contributed by atoms with E-state index in [0.29, 0.717) is 42.3 Å². The fraction of sp³-hybridized carbons (Fsp3) is 0.250. The first-order valence-electron chi connectivity index (χ1n) is 8.75. The van der Waals surface area contributed by atoms with E-state index >= 15 is 0 Å². The van der Waals surface area contributed by atoms with Gasteiger partial charge in [0.05, 0.1) is 11.4 Å². The Kier molecular flexibility index (Phi) is 5.81. The zero-order valence-corrected chi connectivity index (χ0v) is 15.7. The van der Waals surface area contributed by atoms with Crippen LogP contribution in [0.3, 0.4) is 0 Å². The smallest absolute Gasteiger partial charge is 0.255 e. The number of hydrogen-bond acceptors (Lipinski definition) is 4. The fourth-order valence-corrected chi connectivity index (χ4v) is 4.49. The molecule has 1 heterocycles. The summed E-state index contributed by atoms with van der Waals surface area (Å²) >= 11 is 0. The highest BCUT2D eigenvalue weighted by Gasteiger charge is 2.25. The molecular formula is C20H22N2O4S. The van der Waals surface area contributed by atoms with Gasteiger partial charge in [0.2, 0.25) is 10.0 Å². The van der Waals surface area contributed by atoms with Crippen molar-refractivity contribution in [3.8, 4) is 5.75 Å². The second-order valence-electron chi connectivity index (χ2n) is 6.22. The molecule has 1 fully saturated rings. The number of carbonyl (C=O) groups excluding carboxylic acids is 1. The van der Waals surface area contributed by atoms with Crippen LogP contribution in [-0.2, 0) is 10.0 Å². The van der Waals surface area contributed by atoms with Crippen LogP contribution in [-0.4, -0.2) is 33.2 Å². The number of ether oxygens (including phenoxy) is 1. The number of sulfonamides is 1. The minimum absolute atomic E-state index is 0.168. The maximum absolute atomic E-state index is 12.4. The van der Waals surface area contributed by atoms with Crippen LogP contribution in [0.2, 0.25) is 0 Å². The van der Waals surface area contributed by atoms with Gasteiger partial charge in [-0.1, -0.05) is 12.7 Å². The number of rotatable bonds is 6. The molecule has 0 saturated carbocycles. The largest absolute Gasteiger partial charge is 0.490 e. The highest BCUT2D eigenvalue weighted by Crippen LogP contribution is 2.24. The molecular weight excluding hydrogens is 364 g/mol. The van der Waals surface area contributed by atoms with Gasteiger partial charge in [0, 0.05) is 17.8 Å². The van der Waals surface area contributed by atoms with Crippen LogP contribution >= 0.6 is 0 Å². The van der Waals surface area contributed by atoms with E-state index in [1.165, 1.54) is 4.31 Å². The molecule has 1 aliphatic rings. The second kappa shape index (κ2) is 8.26. The van der Waals surface area contributed by atoms with Gasteiger partial charge in [-0.3, -0.25) is 9.10 Å². The second-order valence-corrected chi connectivity index (χ2v) is 8.23. The van der Waals surface area contributed by atoms with Crippen molar-refractivity contribution in [1.82, 2.24) is 0 Å². The molecule has 27 heavy (non-hydrogen) atoms. The quantitative estimate of drug-likeness (QED) is 0.772. The molecule has 0 bridgehead atoms. The zero-order valence-electron chi connectivity index (χ0n) is 14.9. The molecule has 0 spiro atoms. The summed E-state index contributed by atoms with van der Waals surface area (Å²) in [5.74, 6) is 0.602. The molecule has 1 amide bonds. The fourth-order valence-electron chi connectivity index (χ4n) is 2.85. The van der Waals surface area contributed by atoms with Crippen molar-refractivity contribution in [3.05, 3.63) is 66.7 Å². The Bertz CT molecular complexity index is 906. The highest BCUT2D eigenvalue weighted by atomic mass is 32.2. The number of anilines is 2. The lowest BCUT2D eigenvalue weighted by atomic mass is 10.2. The van der Waals surface area contributed by atoms with E-state index < -0.39 is 10.0 Å². The molecule has 2 aromatic rings. The summed E-state index contributed by atoms with van der Waals surface area (Å²) in [6.45, 7) is 4.49. The monoisotopic (exact) mass is 386 g/mol. The van der Waals surface area contributed by atoms with Gasteiger partial charge in [0.15, 0.2) is 0 Å². The molecule has 0 radical (unpaired) electrons. The Morgan fingerprint density at radius 1 is 1.11 bits per heavy atom. The maximum Gasteiger partial charge on any atom is 0.255 e. The molecule has 0 atom stereocenters. The van der Waals surface area contributed by atoms with Crippen molar-refractivity contribution < 1.29 is 17.9 Å². The minimum Gasteiger partial charge on any atom is -0.490 e. The summed E-state index contributed by atoms with van der Waals surface area (Å²) in [5, 5.41) is 2.81. The molecule has 142 valence electrons. The maximum atomic E-state index is 12.4. The van der Waals surface area contributed by atoms with Crippen molar-refractivity contribution in [2.45, 2.75) is 12.8 Å². The van der Waals surface area contributed by atoms with Gasteiger partial charge in [0.1, 0.15) is 12.4 Å². The molecule has 1 N–H and O–H groups in total. The summed E-state index contributed by atoms with van der Waals surface area (Å²) < 4.78 is 31.2. The molecule has 1 aliphatic heterocycles. The number of hydrogen-bond donors (Lipinski definition) is 1. The number of benzene rings is 2. The molecule has 2 aromatic carbocycles. The van der Waals surface area contributed by atoms with Gasteiger partial charge in [0.25, 0.3) is 5.91 Å². The van der Waals surface area contributed by atoms with Crippen molar-refractivity contribution in [3.63, 3.8) is 0 Å². The van der Waals surface area contributed by atoms with E-state index in [9.17, 15) is 13.2 Å². The summed E-state index contributed by atoms with van der Waals surface area (Å²) in [6, 6.07) is 13.7. The predicted octanol–water partition coefficient (Wildman–Crippen LogP) is 3.43. The van der Waals surface area contributed by atoms with Gasteiger partial charge in [-0.05, 0) is 61.4 Å². The lowest BCUT2D eigenvalue weighted by molar-refractivity contribution is 0.102. The number of nitrogens with zero attached hydrogens (tertiary/aromatic N) is 1. The number of nitrogens with one attached hydrogen (secondary N) is 1. The first-order chi connectivity index (χ1) is 13.0. The molecule has 1 saturated heterocycles. The Morgan fingerprint density at radius 2 is 1.81 bits per heavy atom. The zero-order chi connectivity index (χ0) is 19.3. The number of amides is 1. The summed E-state index contributed by atoms with van der Waals surface area (Å²) in [7, 11) is -3.25. The van der Waals surface area contributed by atoms with Crippen molar-refractivity contribution >= 4 is 27.3 Å². The van der Waals surface area contributed by atoms with E-state index in [-0.39, 0.29) is 11.7 Å². The third kappa shape index (κ3) is 4.68. The van der Waals surface area contributed by atoms with E-state index in [0.717, 1.165) is 6.42 Å². The normalized spacial score (nSPS) is 15.8. The first-order valence-corrected chi connectivity index (χ1v) is 10.4. The van der Waals surface area contributed by atoms with Gasteiger partial charge in [-0.2, -0.15) is 0 Å². The predicted molar refractivity (Wildman–Crippen MR) is 107 cm³/mol. The van der Waals surface area contributed by atoms with Crippen LogP contribution in [0, 0.1) is 0 Å². The third-order valence-electron chi connectivity index (χ3n) is 4.25. The van der Waals surface area contributed by atoms with E-state index in [1.807, 2.05) is 0 Å². The third-order valence-corrected chi connectivity index (χ3v) is 6.12. The van der Waals surface area contributed by atoms with E-state index in [2.05, 4.69) is 11.9 Å². The molecule has 3 rings (SSSR count). The molecule has 0 aliphatic carbocycles. The Balaban J connectivity index is 1.66. The van der Waals surface area contributed by atoms with Gasteiger partial charge >= 0.3 is 0 Å². The van der Waals surface area contributed by atoms with E-state index in [4.69, 9.17) is 4.74 Å².